The number of nitrogens with zero attached hydrogens (tertiary/aromatic N) is 2. The monoisotopic (exact) mass is 280 g/mol. The normalized spacial score (nSPS) is 13.3. The fraction of sp³-hybridized carbons (Fsp3) is 0.500. The number of benzene rings is 1. The third-order valence-electron chi connectivity index (χ3n) is 3.28. The molecule has 0 bridgehead atoms. The Morgan fingerprint density at radius 1 is 1.37 bits per heavy atom. The van der Waals surface area contributed by atoms with Gasteiger partial charge in [0, 0.05) is 12.6 Å². The van der Waals surface area contributed by atoms with Gasteiger partial charge < -0.3 is 0 Å². The second kappa shape index (κ2) is 6.18. The van der Waals surface area contributed by atoms with Crippen LogP contribution in [0.1, 0.15) is 38.3 Å². The van der Waals surface area contributed by atoms with Crippen LogP contribution in [0.15, 0.2) is 23.1 Å². The maximum absolute atomic E-state index is 12.6. The van der Waals surface area contributed by atoms with E-state index in [-0.39, 0.29) is 10.9 Å². The number of rotatable bonds is 5. The van der Waals surface area contributed by atoms with Crippen molar-refractivity contribution in [1.82, 2.24) is 4.31 Å². The Hall–Kier alpha value is -1.38. The summed E-state index contributed by atoms with van der Waals surface area (Å²) in [5, 5.41) is 8.83. The molecule has 1 unspecified atom stereocenters. The summed E-state index contributed by atoms with van der Waals surface area (Å²) in [6.07, 6.45) is 0.766. The zero-order valence-electron chi connectivity index (χ0n) is 11.8. The molecule has 0 spiro atoms. The molecule has 0 aromatic heterocycles. The molecule has 0 amide bonds. The molecule has 0 aliphatic rings. The lowest BCUT2D eigenvalue weighted by Crippen LogP contribution is -2.38. The van der Waals surface area contributed by atoms with E-state index in [1.807, 2.05) is 26.8 Å². The number of nitriles is 1. The molecule has 0 N–H and O–H groups in total. The van der Waals surface area contributed by atoms with E-state index in [1.54, 1.807) is 19.1 Å². The fourth-order valence-corrected chi connectivity index (χ4v) is 3.98. The molecule has 0 fully saturated rings. The van der Waals surface area contributed by atoms with E-state index in [2.05, 4.69) is 0 Å². The van der Waals surface area contributed by atoms with Crippen LogP contribution < -0.4 is 0 Å². The van der Waals surface area contributed by atoms with E-state index in [1.165, 1.54) is 10.4 Å². The summed E-state index contributed by atoms with van der Waals surface area (Å²) in [4.78, 5) is 0.286. The molecule has 0 radical (unpaired) electrons. The summed E-state index contributed by atoms with van der Waals surface area (Å²) in [7, 11) is -3.49. The predicted octanol–water partition coefficient (Wildman–Crippen LogP) is 2.68. The predicted molar refractivity (Wildman–Crippen MR) is 75.2 cm³/mol. The number of hydrogen-bond donors (Lipinski definition) is 0. The van der Waals surface area contributed by atoms with Gasteiger partial charge in [-0.3, -0.25) is 0 Å². The van der Waals surface area contributed by atoms with Gasteiger partial charge in [-0.2, -0.15) is 9.57 Å². The highest BCUT2D eigenvalue weighted by molar-refractivity contribution is 7.89. The largest absolute Gasteiger partial charge is 0.243 e. The molecule has 1 atom stereocenters. The molecule has 1 aromatic carbocycles. The molecule has 0 saturated heterocycles. The van der Waals surface area contributed by atoms with Gasteiger partial charge in [0.25, 0.3) is 0 Å². The zero-order valence-corrected chi connectivity index (χ0v) is 12.7. The molecule has 0 aliphatic carbocycles. The highest BCUT2D eigenvalue weighted by atomic mass is 32.2. The summed E-state index contributed by atoms with van der Waals surface area (Å²) >= 11 is 0. The molecular formula is C14H20N2O2S. The lowest BCUT2D eigenvalue weighted by atomic mass is 10.2. The van der Waals surface area contributed by atoms with Gasteiger partial charge in [-0.1, -0.05) is 13.8 Å². The second-order valence-corrected chi connectivity index (χ2v) is 6.42. The van der Waals surface area contributed by atoms with E-state index >= 15 is 0 Å². The molecule has 104 valence electrons. The van der Waals surface area contributed by atoms with Gasteiger partial charge in [0.2, 0.25) is 10.0 Å². The number of sulfonamides is 1. The Morgan fingerprint density at radius 2 is 2.00 bits per heavy atom. The smallest absolute Gasteiger partial charge is 0.207 e. The second-order valence-electron chi connectivity index (χ2n) is 4.56. The molecule has 0 saturated carbocycles. The van der Waals surface area contributed by atoms with Gasteiger partial charge in [-0.05, 0) is 44.0 Å². The molecule has 1 rings (SSSR count). The molecule has 0 heterocycles. The third kappa shape index (κ3) is 3.14. The Morgan fingerprint density at radius 3 is 2.42 bits per heavy atom. The minimum Gasteiger partial charge on any atom is -0.207 e. The lowest BCUT2D eigenvalue weighted by Gasteiger charge is -2.27. The quantitative estimate of drug-likeness (QED) is 0.833. The summed E-state index contributed by atoms with van der Waals surface area (Å²) in [6, 6.07) is 6.65. The summed E-state index contributed by atoms with van der Waals surface area (Å²) in [5.41, 5.74) is 1.09. The molecule has 5 heteroatoms. The van der Waals surface area contributed by atoms with Crippen LogP contribution in [0, 0.1) is 18.3 Å². The first-order valence-corrected chi connectivity index (χ1v) is 7.85. The van der Waals surface area contributed by atoms with Crippen molar-refractivity contribution < 1.29 is 8.42 Å². The Labute approximate surface area is 115 Å². The summed E-state index contributed by atoms with van der Waals surface area (Å²) in [5.74, 6) is 0. The average molecular weight is 280 g/mol. The Balaban J connectivity index is 3.31. The average Bonchev–Trinajstić information content (AvgIpc) is 2.38. The van der Waals surface area contributed by atoms with E-state index in [4.69, 9.17) is 5.26 Å². The van der Waals surface area contributed by atoms with Crippen LogP contribution in [-0.2, 0) is 10.0 Å². The third-order valence-corrected chi connectivity index (χ3v) is 5.53. The first-order chi connectivity index (χ1) is 8.88. The highest BCUT2D eigenvalue weighted by Gasteiger charge is 2.28. The van der Waals surface area contributed by atoms with Crippen molar-refractivity contribution in [2.45, 2.75) is 45.1 Å². The molecule has 4 nitrogen and oxygen atoms in total. The minimum absolute atomic E-state index is 0.0370. The van der Waals surface area contributed by atoms with E-state index in [0.29, 0.717) is 17.7 Å². The van der Waals surface area contributed by atoms with Crippen molar-refractivity contribution >= 4 is 10.0 Å². The van der Waals surface area contributed by atoms with E-state index in [9.17, 15) is 8.42 Å². The Bertz CT molecular complexity index is 588. The van der Waals surface area contributed by atoms with Crippen LogP contribution in [-0.4, -0.2) is 25.3 Å². The van der Waals surface area contributed by atoms with Crippen molar-refractivity contribution in [3.8, 4) is 6.07 Å². The van der Waals surface area contributed by atoms with Gasteiger partial charge >= 0.3 is 0 Å². The van der Waals surface area contributed by atoms with Crippen molar-refractivity contribution in [2.75, 3.05) is 6.54 Å². The SMILES string of the molecule is CCC(C)N(CC)S(=O)(=O)c1ccc(C#N)cc1C. The molecular weight excluding hydrogens is 260 g/mol. The van der Waals surface area contributed by atoms with Crippen molar-refractivity contribution in [2.24, 2.45) is 0 Å². The topological polar surface area (TPSA) is 61.2 Å². The van der Waals surface area contributed by atoms with Crippen LogP contribution in [0.3, 0.4) is 0 Å². The molecule has 19 heavy (non-hydrogen) atoms. The zero-order chi connectivity index (χ0) is 14.6. The number of hydrogen-bond acceptors (Lipinski definition) is 3. The van der Waals surface area contributed by atoms with Crippen LogP contribution >= 0.6 is 0 Å². The standard InChI is InChI=1S/C14H20N2O2S/c1-5-12(4)16(6-2)19(17,18)14-8-7-13(10-15)9-11(14)3/h7-9,12H,5-6H2,1-4H3. The van der Waals surface area contributed by atoms with Gasteiger partial charge in [0.1, 0.15) is 0 Å². The summed E-state index contributed by atoms with van der Waals surface area (Å²) in [6.45, 7) is 7.87. The van der Waals surface area contributed by atoms with Crippen LogP contribution in [0.4, 0.5) is 0 Å². The maximum Gasteiger partial charge on any atom is 0.243 e. The lowest BCUT2D eigenvalue weighted by molar-refractivity contribution is 0.342. The van der Waals surface area contributed by atoms with Gasteiger partial charge in [-0.15, -0.1) is 0 Å². The first kappa shape index (κ1) is 15.7. The van der Waals surface area contributed by atoms with Crippen LogP contribution in [0.2, 0.25) is 0 Å². The minimum atomic E-state index is -3.49. The van der Waals surface area contributed by atoms with Gasteiger partial charge in [0.15, 0.2) is 0 Å². The van der Waals surface area contributed by atoms with Crippen LogP contribution in [0.25, 0.3) is 0 Å². The van der Waals surface area contributed by atoms with Crippen LogP contribution in [0.5, 0.6) is 0 Å². The molecule has 1 aromatic rings. The fourth-order valence-electron chi connectivity index (χ4n) is 2.06. The molecule has 0 aliphatic heterocycles. The van der Waals surface area contributed by atoms with Crippen molar-refractivity contribution in [1.29, 1.82) is 5.26 Å². The first-order valence-electron chi connectivity index (χ1n) is 6.41. The maximum atomic E-state index is 12.6. The van der Waals surface area contributed by atoms with Crippen molar-refractivity contribution in [3.63, 3.8) is 0 Å². The van der Waals surface area contributed by atoms with Gasteiger partial charge in [-0.25, -0.2) is 8.42 Å². The number of aryl methyl sites for hydroxylation is 1. The van der Waals surface area contributed by atoms with Gasteiger partial charge in [0.05, 0.1) is 16.5 Å². The van der Waals surface area contributed by atoms with E-state index < -0.39 is 10.0 Å². The van der Waals surface area contributed by atoms with Crippen molar-refractivity contribution in [3.05, 3.63) is 29.3 Å². The summed E-state index contributed by atoms with van der Waals surface area (Å²) < 4.78 is 26.8. The Kier molecular flexibility index (Phi) is 5.10. The highest BCUT2D eigenvalue weighted by Crippen LogP contribution is 2.23. The van der Waals surface area contributed by atoms with E-state index in [0.717, 1.165) is 6.42 Å².